The number of likely N-dealkylation sites (N-methyl/N-ethyl adjacent to an activating group) is 1. The van der Waals surface area contributed by atoms with Crippen molar-refractivity contribution in [1.29, 1.82) is 0 Å². The predicted octanol–water partition coefficient (Wildman–Crippen LogP) is 0.993. The van der Waals surface area contributed by atoms with Gasteiger partial charge in [0.05, 0.1) is 13.2 Å². The van der Waals surface area contributed by atoms with E-state index >= 15 is 0 Å². The van der Waals surface area contributed by atoms with E-state index in [1.54, 1.807) is 7.11 Å². The van der Waals surface area contributed by atoms with Gasteiger partial charge in [-0.2, -0.15) is 0 Å². The molecule has 5 nitrogen and oxygen atoms in total. The fraction of sp³-hybridized carbons (Fsp3) is 0.933. The maximum Gasteiger partial charge on any atom is 0.234 e. The Labute approximate surface area is 123 Å². The molecule has 0 aromatic rings. The van der Waals surface area contributed by atoms with Gasteiger partial charge in [0.2, 0.25) is 5.91 Å². The highest BCUT2D eigenvalue weighted by Crippen LogP contribution is 2.16. The number of ether oxygens (including phenoxy) is 1. The Bertz CT molecular complexity index is 254. The van der Waals surface area contributed by atoms with E-state index in [1.165, 1.54) is 25.7 Å². The molecule has 118 valence electrons. The summed E-state index contributed by atoms with van der Waals surface area (Å²) >= 11 is 0. The number of rotatable bonds is 9. The van der Waals surface area contributed by atoms with Gasteiger partial charge in [0.25, 0.3) is 0 Å². The molecule has 1 aliphatic rings. The zero-order chi connectivity index (χ0) is 14.6. The summed E-state index contributed by atoms with van der Waals surface area (Å²) in [6, 6.07) is 0.399. The first-order chi connectivity index (χ1) is 9.72. The number of hydrogen-bond donors (Lipinski definition) is 2. The van der Waals surface area contributed by atoms with Crippen LogP contribution < -0.4 is 10.6 Å². The van der Waals surface area contributed by atoms with Gasteiger partial charge in [0.15, 0.2) is 0 Å². The zero-order valence-electron chi connectivity index (χ0n) is 13.1. The molecule has 0 aromatic carbocycles. The lowest BCUT2D eigenvalue weighted by Gasteiger charge is -2.18. The number of carbonyl (C=O) groups is 1. The van der Waals surface area contributed by atoms with E-state index in [-0.39, 0.29) is 5.91 Å². The quantitative estimate of drug-likeness (QED) is 0.490. The van der Waals surface area contributed by atoms with Gasteiger partial charge < -0.3 is 20.3 Å². The Kier molecular flexibility index (Phi) is 9.62. The van der Waals surface area contributed by atoms with Gasteiger partial charge in [0, 0.05) is 32.8 Å². The highest BCUT2D eigenvalue weighted by atomic mass is 16.5. The van der Waals surface area contributed by atoms with Crippen LogP contribution in [0.25, 0.3) is 0 Å². The molecule has 0 atom stereocenters. The third-order valence-corrected chi connectivity index (χ3v) is 3.85. The van der Waals surface area contributed by atoms with E-state index in [0.29, 0.717) is 12.6 Å². The maximum atomic E-state index is 11.8. The first kappa shape index (κ1) is 17.4. The summed E-state index contributed by atoms with van der Waals surface area (Å²) in [4.78, 5) is 14.0. The number of carbonyl (C=O) groups excluding carboxylic acids is 1. The van der Waals surface area contributed by atoms with Gasteiger partial charge in [-0.25, -0.2) is 0 Å². The second-order valence-corrected chi connectivity index (χ2v) is 5.73. The van der Waals surface area contributed by atoms with Gasteiger partial charge >= 0.3 is 0 Å². The number of methoxy groups -OCH3 is 1. The summed E-state index contributed by atoms with van der Waals surface area (Å²) in [7, 11) is 3.77. The van der Waals surface area contributed by atoms with Crippen molar-refractivity contribution in [1.82, 2.24) is 15.5 Å². The van der Waals surface area contributed by atoms with Crippen LogP contribution in [0, 0.1) is 0 Å². The van der Waals surface area contributed by atoms with E-state index in [9.17, 15) is 4.79 Å². The van der Waals surface area contributed by atoms with Crippen LogP contribution in [0.3, 0.4) is 0 Å². The largest absolute Gasteiger partial charge is 0.383 e. The van der Waals surface area contributed by atoms with E-state index < -0.39 is 0 Å². The van der Waals surface area contributed by atoms with Crippen LogP contribution in [-0.2, 0) is 9.53 Å². The standard InChI is InChI=1S/C15H31N3O2/c1-18(11-12-20-2)10-9-16-13-15(19)17-14-7-5-3-4-6-8-14/h14,16H,3-13H2,1-2H3,(H,17,19). The third-order valence-electron chi connectivity index (χ3n) is 3.85. The zero-order valence-corrected chi connectivity index (χ0v) is 13.1. The van der Waals surface area contributed by atoms with Gasteiger partial charge in [-0.3, -0.25) is 4.79 Å². The molecule has 0 heterocycles. The summed E-state index contributed by atoms with van der Waals surface area (Å²) in [5.41, 5.74) is 0. The molecule has 1 fully saturated rings. The average molecular weight is 285 g/mol. The number of amides is 1. The van der Waals surface area contributed by atoms with Crippen LogP contribution in [0.4, 0.5) is 0 Å². The van der Waals surface area contributed by atoms with Crippen molar-refractivity contribution in [2.75, 3.05) is 46.9 Å². The van der Waals surface area contributed by atoms with Gasteiger partial charge in [-0.15, -0.1) is 0 Å². The number of nitrogens with zero attached hydrogens (tertiary/aromatic N) is 1. The van der Waals surface area contributed by atoms with Crippen molar-refractivity contribution in [3.63, 3.8) is 0 Å². The molecule has 0 spiro atoms. The van der Waals surface area contributed by atoms with E-state index in [2.05, 4.69) is 22.6 Å². The van der Waals surface area contributed by atoms with E-state index in [4.69, 9.17) is 4.74 Å². The molecular formula is C15H31N3O2. The first-order valence-corrected chi connectivity index (χ1v) is 7.90. The number of nitrogens with one attached hydrogen (secondary N) is 2. The van der Waals surface area contributed by atoms with E-state index in [1.807, 2.05) is 0 Å². The van der Waals surface area contributed by atoms with Gasteiger partial charge in [-0.1, -0.05) is 25.7 Å². The molecule has 1 aliphatic carbocycles. The van der Waals surface area contributed by atoms with E-state index in [0.717, 1.165) is 39.1 Å². The lowest BCUT2D eigenvalue weighted by Crippen LogP contribution is -2.42. The van der Waals surface area contributed by atoms with Crippen molar-refractivity contribution < 1.29 is 9.53 Å². The monoisotopic (exact) mass is 285 g/mol. The maximum absolute atomic E-state index is 11.8. The second kappa shape index (κ2) is 11.1. The molecule has 2 N–H and O–H groups in total. The number of hydrogen-bond acceptors (Lipinski definition) is 4. The molecule has 0 radical (unpaired) electrons. The Hall–Kier alpha value is -0.650. The minimum atomic E-state index is 0.136. The molecule has 1 saturated carbocycles. The summed E-state index contributed by atoms with van der Waals surface area (Å²) < 4.78 is 5.03. The molecule has 0 bridgehead atoms. The third kappa shape index (κ3) is 8.51. The normalized spacial score (nSPS) is 17.1. The molecule has 0 aliphatic heterocycles. The van der Waals surface area contributed by atoms with Crippen LogP contribution in [-0.4, -0.2) is 63.8 Å². The van der Waals surface area contributed by atoms with Crippen LogP contribution in [0.5, 0.6) is 0 Å². The molecule has 5 heteroatoms. The SMILES string of the molecule is COCCN(C)CCNCC(=O)NC1CCCCCC1. The molecule has 1 rings (SSSR count). The molecule has 20 heavy (non-hydrogen) atoms. The van der Waals surface area contributed by atoms with Crippen molar-refractivity contribution in [3.8, 4) is 0 Å². The summed E-state index contributed by atoms with van der Waals surface area (Å²) in [6.45, 7) is 3.86. The van der Waals surface area contributed by atoms with Crippen molar-refractivity contribution in [2.24, 2.45) is 0 Å². The Morgan fingerprint density at radius 1 is 1.20 bits per heavy atom. The summed E-state index contributed by atoms with van der Waals surface area (Å²) in [5, 5.41) is 6.35. The minimum absolute atomic E-state index is 0.136. The smallest absolute Gasteiger partial charge is 0.234 e. The molecule has 0 aromatic heterocycles. The second-order valence-electron chi connectivity index (χ2n) is 5.73. The lowest BCUT2D eigenvalue weighted by molar-refractivity contribution is -0.121. The van der Waals surface area contributed by atoms with Crippen LogP contribution >= 0.6 is 0 Å². The van der Waals surface area contributed by atoms with Crippen LogP contribution in [0.2, 0.25) is 0 Å². The minimum Gasteiger partial charge on any atom is -0.383 e. The molecule has 1 amide bonds. The van der Waals surface area contributed by atoms with Crippen molar-refractivity contribution >= 4 is 5.91 Å². The van der Waals surface area contributed by atoms with Crippen LogP contribution in [0.1, 0.15) is 38.5 Å². The fourth-order valence-electron chi connectivity index (χ4n) is 2.53. The highest BCUT2D eigenvalue weighted by Gasteiger charge is 2.14. The topological polar surface area (TPSA) is 53.6 Å². The fourth-order valence-corrected chi connectivity index (χ4v) is 2.53. The molecular weight excluding hydrogens is 254 g/mol. The lowest BCUT2D eigenvalue weighted by atomic mass is 10.1. The first-order valence-electron chi connectivity index (χ1n) is 7.90. The molecule has 0 unspecified atom stereocenters. The van der Waals surface area contributed by atoms with Gasteiger partial charge in [-0.05, 0) is 19.9 Å². The van der Waals surface area contributed by atoms with Gasteiger partial charge in [0.1, 0.15) is 0 Å². The Balaban J connectivity index is 2.01. The Morgan fingerprint density at radius 2 is 1.90 bits per heavy atom. The Morgan fingerprint density at radius 3 is 2.55 bits per heavy atom. The molecule has 0 saturated heterocycles. The summed E-state index contributed by atoms with van der Waals surface area (Å²) in [6.07, 6.45) is 7.43. The van der Waals surface area contributed by atoms with Crippen LogP contribution in [0.15, 0.2) is 0 Å². The summed E-state index contributed by atoms with van der Waals surface area (Å²) in [5.74, 6) is 0.136. The average Bonchev–Trinajstić information content (AvgIpc) is 2.70. The predicted molar refractivity (Wildman–Crippen MR) is 81.9 cm³/mol. The van der Waals surface area contributed by atoms with Crippen molar-refractivity contribution in [2.45, 2.75) is 44.6 Å². The highest BCUT2D eigenvalue weighted by molar-refractivity contribution is 5.78. The van der Waals surface area contributed by atoms with Crippen molar-refractivity contribution in [3.05, 3.63) is 0 Å².